The van der Waals surface area contributed by atoms with Gasteiger partial charge in [0, 0.05) is 22.8 Å². The number of aromatic carboxylic acids is 1. The van der Waals surface area contributed by atoms with Crippen LogP contribution in [0.5, 0.6) is 5.75 Å². The molecular weight excluding hydrogens is 284 g/mol. The maximum absolute atomic E-state index is 12.3. The summed E-state index contributed by atoms with van der Waals surface area (Å²) in [6.07, 6.45) is 1.60. The van der Waals surface area contributed by atoms with Gasteiger partial charge in [0.2, 0.25) is 0 Å². The molecule has 0 aliphatic heterocycles. The van der Waals surface area contributed by atoms with Crippen molar-refractivity contribution in [2.75, 3.05) is 5.32 Å². The molecule has 0 unspecified atom stereocenters. The number of H-pyrrole nitrogens is 1. The summed E-state index contributed by atoms with van der Waals surface area (Å²) in [6, 6.07) is 11.2. The molecule has 22 heavy (non-hydrogen) atoms. The first-order chi connectivity index (χ1) is 10.6. The molecule has 0 bridgehead atoms. The lowest BCUT2D eigenvalue weighted by molar-refractivity contribution is 0.0693. The van der Waals surface area contributed by atoms with Crippen molar-refractivity contribution in [1.29, 1.82) is 0 Å². The standard InChI is InChI=1S/C16H12N2O4/c19-14-6-5-9(7-11(14)16(21)22)18-15(20)12-8-17-13-4-2-1-3-10(12)13/h1-8,17,19H,(H,18,20)(H,21,22). The maximum atomic E-state index is 12.3. The average molecular weight is 296 g/mol. The lowest BCUT2D eigenvalue weighted by atomic mass is 10.1. The van der Waals surface area contributed by atoms with Crippen molar-refractivity contribution in [1.82, 2.24) is 4.98 Å². The number of anilines is 1. The van der Waals surface area contributed by atoms with Gasteiger partial charge in [0.25, 0.3) is 5.91 Å². The molecule has 4 N–H and O–H groups in total. The van der Waals surface area contributed by atoms with E-state index in [-0.39, 0.29) is 17.2 Å². The highest BCUT2D eigenvalue weighted by atomic mass is 16.4. The topological polar surface area (TPSA) is 102 Å². The van der Waals surface area contributed by atoms with Gasteiger partial charge in [-0.15, -0.1) is 0 Å². The minimum absolute atomic E-state index is 0.267. The monoisotopic (exact) mass is 296 g/mol. The highest BCUT2D eigenvalue weighted by Gasteiger charge is 2.14. The molecule has 2 aromatic carbocycles. The number of hydrogen-bond acceptors (Lipinski definition) is 3. The van der Waals surface area contributed by atoms with E-state index in [2.05, 4.69) is 10.3 Å². The third kappa shape index (κ3) is 2.37. The van der Waals surface area contributed by atoms with Crippen molar-refractivity contribution in [3.05, 3.63) is 59.8 Å². The SMILES string of the molecule is O=C(O)c1cc(NC(=O)c2c[nH]c3ccccc23)ccc1O. The molecule has 3 rings (SSSR count). The van der Waals surface area contributed by atoms with Crippen molar-refractivity contribution < 1.29 is 19.8 Å². The van der Waals surface area contributed by atoms with E-state index in [4.69, 9.17) is 5.11 Å². The van der Waals surface area contributed by atoms with Gasteiger partial charge < -0.3 is 20.5 Å². The van der Waals surface area contributed by atoms with E-state index < -0.39 is 5.97 Å². The van der Waals surface area contributed by atoms with Crippen LogP contribution in [0.2, 0.25) is 0 Å². The van der Waals surface area contributed by atoms with Gasteiger partial charge in [-0.2, -0.15) is 0 Å². The average Bonchev–Trinajstić information content (AvgIpc) is 2.93. The molecule has 0 fully saturated rings. The number of nitrogens with one attached hydrogen (secondary N) is 2. The molecule has 0 saturated carbocycles. The predicted molar refractivity (Wildman–Crippen MR) is 81.3 cm³/mol. The minimum atomic E-state index is -1.26. The number of benzene rings is 2. The normalized spacial score (nSPS) is 10.5. The van der Waals surface area contributed by atoms with Crippen molar-refractivity contribution in [3.63, 3.8) is 0 Å². The van der Waals surface area contributed by atoms with Gasteiger partial charge >= 0.3 is 5.97 Å². The second-order valence-corrected chi connectivity index (χ2v) is 4.74. The second kappa shape index (κ2) is 5.25. The van der Waals surface area contributed by atoms with Crippen LogP contribution in [0, 0.1) is 0 Å². The number of carbonyl (C=O) groups excluding carboxylic acids is 1. The molecule has 1 heterocycles. The number of rotatable bonds is 3. The summed E-state index contributed by atoms with van der Waals surface area (Å²) in [6.45, 7) is 0. The first-order valence-corrected chi connectivity index (χ1v) is 6.50. The number of fused-ring (bicyclic) bond motifs is 1. The first kappa shape index (κ1) is 13.7. The zero-order valence-corrected chi connectivity index (χ0v) is 11.3. The highest BCUT2D eigenvalue weighted by Crippen LogP contribution is 2.23. The molecule has 0 aliphatic rings. The van der Waals surface area contributed by atoms with Gasteiger partial charge in [-0.25, -0.2) is 4.79 Å². The van der Waals surface area contributed by atoms with E-state index in [0.29, 0.717) is 11.3 Å². The van der Waals surface area contributed by atoms with Crippen molar-refractivity contribution >= 4 is 28.5 Å². The van der Waals surface area contributed by atoms with E-state index in [0.717, 1.165) is 10.9 Å². The molecule has 3 aromatic rings. The molecule has 0 saturated heterocycles. The summed E-state index contributed by atoms with van der Waals surface area (Å²) in [5, 5.41) is 21.8. The fraction of sp³-hybridized carbons (Fsp3) is 0. The number of amides is 1. The summed E-state index contributed by atoms with van der Waals surface area (Å²) in [5.41, 5.74) is 1.33. The number of carbonyl (C=O) groups is 2. The Kier molecular flexibility index (Phi) is 3.27. The fourth-order valence-electron chi connectivity index (χ4n) is 2.24. The van der Waals surface area contributed by atoms with Crippen LogP contribution >= 0.6 is 0 Å². The minimum Gasteiger partial charge on any atom is -0.507 e. The molecule has 6 heteroatoms. The number of carboxylic acids is 1. The number of carboxylic acid groups (broad SMARTS) is 1. The zero-order valence-electron chi connectivity index (χ0n) is 11.3. The van der Waals surface area contributed by atoms with E-state index >= 15 is 0 Å². The summed E-state index contributed by atoms with van der Waals surface area (Å²) >= 11 is 0. The Morgan fingerprint density at radius 2 is 1.82 bits per heavy atom. The molecule has 0 atom stereocenters. The third-order valence-corrected chi connectivity index (χ3v) is 3.32. The smallest absolute Gasteiger partial charge is 0.339 e. The lowest BCUT2D eigenvalue weighted by Gasteiger charge is -2.06. The van der Waals surface area contributed by atoms with Crippen molar-refractivity contribution in [2.45, 2.75) is 0 Å². The Labute approximate surface area is 125 Å². The molecule has 0 spiro atoms. The van der Waals surface area contributed by atoms with Crippen molar-refractivity contribution in [3.8, 4) is 5.75 Å². The van der Waals surface area contributed by atoms with E-state index in [9.17, 15) is 14.7 Å². The van der Waals surface area contributed by atoms with Gasteiger partial charge in [-0.05, 0) is 24.3 Å². The number of aromatic amines is 1. The van der Waals surface area contributed by atoms with Gasteiger partial charge in [0.05, 0.1) is 5.56 Å². The largest absolute Gasteiger partial charge is 0.507 e. The molecule has 1 amide bonds. The summed E-state index contributed by atoms with van der Waals surface area (Å²) in [7, 11) is 0. The van der Waals surface area contributed by atoms with Crippen molar-refractivity contribution in [2.24, 2.45) is 0 Å². The van der Waals surface area contributed by atoms with Crippen LogP contribution in [0.15, 0.2) is 48.7 Å². The van der Waals surface area contributed by atoms with Crippen LogP contribution < -0.4 is 5.32 Å². The van der Waals surface area contributed by atoms with Crippen LogP contribution in [0.25, 0.3) is 10.9 Å². The number of hydrogen-bond donors (Lipinski definition) is 4. The van der Waals surface area contributed by atoms with Gasteiger partial charge in [0.1, 0.15) is 11.3 Å². The highest BCUT2D eigenvalue weighted by molar-refractivity contribution is 6.13. The summed E-state index contributed by atoms with van der Waals surface area (Å²) in [4.78, 5) is 26.3. The number of phenols is 1. The van der Waals surface area contributed by atoms with Crippen LogP contribution in [0.3, 0.4) is 0 Å². The lowest BCUT2D eigenvalue weighted by Crippen LogP contribution is -2.12. The number of aromatic hydroxyl groups is 1. The Morgan fingerprint density at radius 1 is 1.05 bits per heavy atom. The van der Waals surface area contributed by atoms with Gasteiger partial charge in [-0.3, -0.25) is 4.79 Å². The van der Waals surface area contributed by atoms with E-state index in [1.165, 1.54) is 18.2 Å². The Balaban J connectivity index is 1.91. The van der Waals surface area contributed by atoms with Gasteiger partial charge in [0.15, 0.2) is 0 Å². The predicted octanol–water partition coefficient (Wildman–Crippen LogP) is 2.82. The first-order valence-electron chi connectivity index (χ1n) is 6.50. The third-order valence-electron chi connectivity index (χ3n) is 3.32. The molecule has 0 aliphatic carbocycles. The van der Waals surface area contributed by atoms with Crippen LogP contribution in [-0.4, -0.2) is 27.1 Å². The van der Waals surface area contributed by atoms with Crippen LogP contribution in [-0.2, 0) is 0 Å². The molecular formula is C16H12N2O4. The number of para-hydroxylation sites is 1. The van der Waals surface area contributed by atoms with E-state index in [1.807, 2.05) is 24.3 Å². The van der Waals surface area contributed by atoms with Gasteiger partial charge in [-0.1, -0.05) is 18.2 Å². The Hall–Kier alpha value is -3.28. The summed E-state index contributed by atoms with van der Waals surface area (Å²) in [5.74, 6) is -1.97. The Bertz CT molecular complexity index is 883. The number of aromatic nitrogens is 1. The van der Waals surface area contributed by atoms with E-state index in [1.54, 1.807) is 6.20 Å². The molecule has 0 radical (unpaired) electrons. The molecule has 6 nitrogen and oxygen atoms in total. The molecule has 110 valence electrons. The fourth-order valence-corrected chi connectivity index (χ4v) is 2.24. The maximum Gasteiger partial charge on any atom is 0.339 e. The van der Waals surface area contributed by atoms with Crippen LogP contribution in [0.1, 0.15) is 20.7 Å². The quantitative estimate of drug-likeness (QED) is 0.558. The second-order valence-electron chi connectivity index (χ2n) is 4.74. The molecule has 1 aromatic heterocycles. The van der Waals surface area contributed by atoms with Crippen LogP contribution in [0.4, 0.5) is 5.69 Å². The summed E-state index contributed by atoms with van der Waals surface area (Å²) < 4.78 is 0. The zero-order chi connectivity index (χ0) is 15.7. The Morgan fingerprint density at radius 3 is 2.59 bits per heavy atom.